The Kier molecular flexibility index (Phi) is 5.55. The summed E-state index contributed by atoms with van der Waals surface area (Å²) >= 11 is 6.11. The fraction of sp³-hybridized carbons (Fsp3) is 0.211. The van der Waals surface area contributed by atoms with Gasteiger partial charge in [-0.2, -0.15) is 0 Å². The van der Waals surface area contributed by atoms with Crippen molar-refractivity contribution in [3.63, 3.8) is 0 Å². The minimum absolute atomic E-state index is 0.0366. The molecule has 1 aromatic heterocycles. The lowest BCUT2D eigenvalue weighted by molar-refractivity contribution is 0.393. The molecule has 0 bridgehead atoms. The van der Waals surface area contributed by atoms with E-state index in [1.165, 1.54) is 7.11 Å². The van der Waals surface area contributed by atoms with Crippen LogP contribution in [0.1, 0.15) is 17.0 Å². The molecule has 3 rings (SSSR count). The standard InChI is InChI=1S/C19H19ClN2O4S/c1-12-19(13(2)26-22-12)14-8-9-17(25-3)18(10-14)27(23,24)21-11-15-6-4-5-7-16(15)20/h4-10,21H,11H2,1-3H3. The van der Waals surface area contributed by atoms with Crippen molar-refractivity contribution in [2.24, 2.45) is 0 Å². The van der Waals surface area contributed by atoms with Gasteiger partial charge in [0.05, 0.1) is 12.8 Å². The number of benzene rings is 2. The molecule has 0 atom stereocenters. The predicted octanol–water partition coefficient (Wildman–Crippen LogP) is 4.10. The molecule has 0 saturated heterocycles. The second kappa shape index (κ2) is 7.72. The van der Waals surface area contributed by atoms with Gasteiger partial charge in [-0.05, 0) is 43.2 Å². The van der Waals surface area contributed by atoms with Crippen molar-refractivity contribution >= 4 is 21.6 Å². The largest absolute Gasteiger partial charge is 0.495 e. The zero-order valence-electron chi connectivity index (χ0n) is 15.1. The molecule has 142 valence electrons. The first kappa shape index (κ1) is 19.4. The van der Waals surface area contributed by atoms with Crippen molar-refractivity contribution in [1.82, 2.24) is 9.88 Å². The van der Waals surface area contributed by atoms with Crippen LogP contribution in [0.15, 0.2) is 51.9 Å². The number of aromatic nitrogens is 1. The minimum atomic E-state index is -3.84. The summed E-state index contributed by atoms with van der Waals surface area (Å²) in [6.45, 7) is 3.66. The Bertz CT molecular complexity index is 1060. The number of rotatable bonds is 6. The average Bonchev–Trinajstić information content (AvgIpc) is 2.99. The SMILES string of the molecule is COc1ccc(-c2c(C)noc2C)cc1S(=O)(=O)NCc1ccccc1Cl. The van der Waals surface area contributed by atoms with E-state index in [2.05, 4.69) is 9.88 Å². The molecule has 1 N–H and O–H groups in total. The van der Waals surface area contributed by atoms with Gasteiger partial charge in [0, 0.05) is 17.1 Å². The molecule has 1 heterocycles. The van der Waals surface area contributed by atoms with Gasteiger partial charge in [0.15, 0.2) is 0 Å². The smallest absolute Gasteiger partial charge is 0.244 e. The lowest BCUT2D eigenvalue weighted by Gasteiger charge is -2.13. The van der Waals surface area contributed by atoms with Crippen LogP contribution in [0.2, 0.25) is 5.02 Å². The second-order valence-corrected chi connectivity index (χ2v) is 8.12. The topological polar surface area (TPSA) is 81.4 Å². The maximum absolute atomic E-state index is 12.9. The van der Waals surface area contributed by atoms with Gasteiger partial charge >= 0.3 is 0 Å². The maximum atomic E-state index is 12.9. The van der Waals surface area contributed by atoms with Gasteiger partial charge in [-0.15, -0.1) is 0 Å². The lowest BCUT2D eigenvalue weighted by Crippen LogP contribution is -2.24. The van der Waals surface area contributed by atoms with E-state index in [0.717, 1.165) is 5.56 Å². The highest BCUT2D eigenvalue weighted by atomic mass is 35.5. The van der Waals surface area contributed by atoms with Crippen LogP contribution in [-0.4, -0.2) is 20.7 Å². The van der Waals surface area contributed by atoms with Crippen molar-refractivity contribution in [2.45, 2.75) is 25.3 Å². The Morgan fingerprint density at radius 1 is 1.19 bits per heavy atom. The number of sulfonamides is 1. The summed E-state index contributed by atoms with van der Waals surface area (Å²) < 4.78 is 38.9. The number of nitrogens with one attached hydrogen (secondary N) is 1. The van der Waals surface area contributed by atoms with Gasteiger partial charge in [-0.1, -0.05) is 41.0 Å². The van der Waals surface area contributed by atoms with Gasteiger partial charge < -0.3 is 9.26 Å². The number of hydrogen-bond donors (Lipinski definition) is 1. The summed E-state index contributed by atoms with van der Waals surface area (Å²) in [7, 11) is -2.41. The van der Waals surface area contributed by atoms with Crippen molar-refractivity contribution in [3.8, 4) is 16.9 Å². The van der Waals surface area contributed by atoms with Gasteiger partial charge in [-0.3, -0.25) is 0 Å². The first-order chi connectivity index (χ1) is 12.8. The first-order valence-electron chi connectivity index (χ1n) is 8.18. The summed E-state index contributed by atoms with van der Waals surface area (Å²) in [6.07, 6.45) is 0. The summed E-state index contributed by atoms with van der Waals surface area (Å²) in [5, 5.41) is 4.42. The maximum Gasteiger partial charge on any atom is 0.244 e. The third-order valence-electron chi connectivity index (χ3n) is 4.19. The highest BCUT2D eigenvalue weighted by Gasteiger charge is 2.22. The molecule has 27 heavy (non-hydrogen) atoms. The monoisotopic (exact) mass is 406 g/mol. The molecular formula is C19H19ClN2O4S. The van der Waals surface area contributed by atoms with E-state index in [4.69, 9.17) is 20.9 Å². The van der Waals surface area contributed by atoms with E-state index in [9.17, 15) is 8.42 Å². The van der Waals surface area contributed by atoms with Crippen LogP contribution in [0.25, 0.3) is 11.1 Å². The van der Waals surface area contributed by atoms with Crippen LogP contribution in [0.3, 0.4) is 0 Å². The van der Waals surface area contributed by atoms with Crippen molar-refractivity contribution in [3.05, 3.63) is 64.5 Å². The molecule has 2 aromatic carbocycles. The quantitative estimate of drug-likeness (QED) is 0.666. The highest BCUT2D eigenvalue weighted by Crippen LogP contribution is 2.33. The lowest BCUT2D eigenvalue weighted by atomic mass is 10.0. The van der Waals surface area contributed by atoms with E-state index < -0.39 is 10.0 Å². The molecule has 0 unspecified atom stereocenters. The van der Waals surface area contributed by atoms with E-state index in [-0.39, 0.29) is 17.2 Å². The number of ether oxygens (including phenoxy) is 1. The number of methoxy groups -OCH3 is 1. The van der Waals surface area contributed by atoms with Crippen LogP contribution >= 0.6 is 11.6 Å². The molecule has 0 aliphatic rings. The van der Waals surface area contributed by atoms with E-state index in [1.807, 2.05) is 0 Å². The van der Waals surface area contributed by atoms with E-state index >= 15 is 0 Å². The number of nitrogens with zero attached hydrogens (tertiary/aromatic N) is 1. The normalized spacial score (nSPS) is 11.6. The van der Waals surface area contributed by atoms with E-state index in [1.54, 1.807) is 56.3 Å². The zero-order valence-corrected chi connectivity index (χ0v) is 16.7. The molecule has 0 aliphatic carbocycles. The molecule has 0 fully saturated rings. The molecule has 0 saturated carbocycles. The molecule has 8 heteroatoms. The molecule has 0 aliphatic heterocycles. The third kappa shape index (κ3) is 4.00. The summed E-state index contributed by atoms with van der Waals surface area (Å²) in [4.78, 5) is 0.0366. The van der Waals surface area contributed by atoms with Crippen LogP contribution < -0.4 is 9.46 Å². The predicted molar refractivity (Wildman–Crippen MR) is 103 cm³/mol. The fourth-order valence-corrected chi connectivity index (χ4v) is 4.23. The minimum Gasteiger partial charge on any atom is -0.495 e. The second-order valence-electron chi connectivity index (χ2n) is 5.98. The van der Waals surface area contributed by atoms with Crippen LogP contribution in [0.5, 0.6) is 5.75 Å². The summed E-state index contributed by atoms with van der Waals surface area (Å²) in [5.74, 6) is 0.863. The zero-order chi connectivity index (χ0) is 19.6. The summed E-state index contributed by atoms with van der Waals surface area (Å²) in [5.41, 5.74) is 2.82. The summed E-state index contributed by atoms with van der Waals surface area (Å²) in [6, 6.07) is 12.0. The van der Waals surface area contributed by atoms with Crippen molar-refractivity contribution in [1.29, 1.82) is 0 Å². The van der Waals surface area contributed by atoms with Crippen molar-refractivity contribution in [2.75, 3.05) is 7.11 Å². The van der Waals surface area contributed by atoms with Gasteiger partial charge in [-0.25, -0.2) is 13.1 Å². The Morgan fingerprint density at radius 2 is 1.93 bits per heavy atom. The van der Waals surface area contributed by atoms with Crippen LogP contribution in [0.4, 0.5) is 0 Å². The molecular weight excluding hydrogens is 388 g/mol. The number of hydrogen-bond acceptors (Lipinski definition) is 5. The molecule has 0 radical (unpaired) electrons. The molecule has 3 aromatic rings. The highest BCUT2D eigenvalue weighted by molar-refractivity contribution is 7.89. The van der Waals surface area contributed by atoms with Crippen LogP contribution in [0, 0.1) is 13.8 Å². The van der Waals surface area contributed by atoms with Gasteiger partial charge in [0.1, 0.15) is 16.4 Å². The van der Waals surface area contributed by atoms with Crippen LogP contribution in [-0.2, 0) is 16.6 Å². The number of aryl methyl sites for hydroxylation is 2. The average molecular weight is 407 g/mol. The Morgan fingerprint density at radius 3 is 2.56 bits per heavy atom. The fourth-order valence-electron chi connectivity index (χ4n) is 2.83. The third-order valence-corrected chi connectivity index (χ3v) is 5.98. The Labute approximate surface area is 163 Å². The molecule has 0 spiro atoms. The Balaban J connectivity index is 1.98. The number of halogens is 1. The van der Waals surface area contributed by atoms with Gasteiger partial charge in [0.25, 0.3) is 0 Å². The molecule has 0 amide bonds. The van der Waals surface area contributed by atoms with Crippen molar-refractivity contribution < 1.29 is 17.7 Å². The molecule has 6 nitrogen and oxygen atoms in total. The Hall–Kier alpha value is -2.35. The van der Waals surface area contributed by atoms with E-state index in [0.29, 0.717) is 27.6 Å². The van der Waals surface area contributed by atoms with Gasteiger partial charge in [0.2, 0.25) is 10.0 Å². The first-order valence-corrected chi connectivity index (χ1v) is 10.0.